The molecule has 37 heavy (non-hydrogen) atoms. The van der Waals surface area contributed by atoms with E-state index in [-0.39, 0.29) is 24.4 Å². The van der Waals surface area contributed by atoms with Gasteiger partial charge in [0.25, 0.3) is 0 Å². The summed E-state index contributed by atoms with van der Waals surface area (Å²) < 4.78 is 13.1. The zero-order chi connectivity index (χ0) is 26.9. The molecule has 0 bridgehead atoms. The number of carbonyl (C=O) groups excluding carboxylic acids is 2. The fourth-order valence-corrected chi connectivity index (χ4v) is 5.31. The molecule has 2 heterocycles. The van der Waals surface area contributed by atoms with Crippen LogP contribution in [0.25, 0.3) is 0 Å². The van der Waals surface area contributed by atoms with E-state index in [0.29, 0.717) is 34.0 Å². The highest BCUT2D eigenvalue weighted by atomic mass is 32.2. The predicted molar refractivity (Wildman–Crippen MR) is 149 cm³/mol. The number of esters is 1. The molecular weight excluding hydrogens is 508 g/mol. The van der Waals surface area contributed by atoms with Crippen molar-refractivity contribution in [2.24, 2.45) is 0 Å². The molecule has 1 unspecified atom stereocenters. The van der Waals surface area contributed by atoms with E-state index < -0.39 is 5.97 Å². The van der Waals surface area contributed by atoms with Crippen molar-refractivity contribution in [3.63, 3.8) is 0 Å². The molecule has 198 valence electrons. The molecule has 1 amide bonds. The Morgan fingerprint density at radius 1 is 1.19 bits per heavy atom. The van der Waals surface area contributed by atoms with E-state index in [2.05, 4.69) is 48.1 Å². The number of aryl methyl sites for hydroxylation is 1. The Morgan fingerprint density at radius 2 is 1.92 bits per heavy atom. The molecule has 3 rings (SSSR count). The van der Waals surface area contributed by atoms with Crippen molar-refractivity contribution in [2.75, 3.05) is 17.7 Å². The summed E-state index contributed by atoms with van der Waals surface area (Å²) in [5, 5.41) is 12.6. The molecule has 1 N–H and O–H groups in total. The summed E-state index contributed by atoms with van der Waals surface area (Å²) in [5.74, 6) is 1.26. The van der Waals surface area contributed by atoms with Gasteiger partial charge >= 0.3 is 5.97 Å². The number of ether oxygens (including phenoxy) is 2. The molecule has 1 atom stereocenters. The summed E-state index contributed by atoms with van der Waals surface area (Å²) in [5.41, 5.74) is 1.63. The maximum Gasteiger partial charge on any atom is 0.341 e. The number of nitrogens with one attached hydrogen (secondary N) is 1. The van der Waals surface area contributed by atoms with Crippen molar-refractivity contribution in [3.05, 3.63) is 64.8 Å². The van der Waals surface area contributed by atoms with Crippen molar-refractivity contribution >= 4 is 40.0 Å². The Morgan fingerprint density at radius 3 is 2.54 bits per heavy atom. The number of thioether (sulfide) groups is 1. The summed E-state index contributed by atoms with van der Waals surface area (Å²) >= 11 is 2.64. The van der Waals surface area contributed by atoms with E-state index in [1.807, 2.05) is 30.5 Å². The fourth-order valence-electron chi connectivity index (χ4n) is 3.56. The van der Waals surface area contributed by atoms with E-state index >= 15 is 0 Å². The highest BCUT2D eigenvalue weighted by Crippen LogP contribution is 2.30. The Bertz CT molecular complexity index is 1220. The molecule has 0 radical (unpaired) electrons. The van der Waals surface area contributed by atoms with E-state index in [0.717, 1.165) is 17.0 Å². The van der Waals surface area contributed by atoms with Crippen molar-refractivity contribution < 1.29 is 19.1 Å². The number of nitrogens with zero attached hydrogens (tertiary/aromatic N) is 3. The minimum atomic E-state index is -0.440. The molecule has 1 aromatic carbocycles. The van der Waals surface area contributed by atoms with Crippen LogP contribution in [0.15, 0.2) is 48.1 Å². The predicted octanol–water partition coefficient (Wildman–Crippen LogP) is 6.26. The average molecular weight is 543 g/mol. The zero-order valence-corrected chi connectivity index (χ0v) is 23.6. The lowest BCUT2D eigenvalue weighted by molar-refractivity contribution is -0.113. The average Bonchev–Trinajstić information content (AvgIpc) is 3.47. The maximum atomic E-state index is 12.8. The lowest BCUT2D eigenvalue weighted by atomic mass is 10.0. The van der Waals surface area contributed by atoms with Gasteiger partial charge in [-0.1, -0.05) is 50.7 Å². The van der Waals surface area contributed by atoms with Gasteiger partial charge in [0.1, 0.15) is 10.8 Å². The third-order valence-corrected chi connectivity index (χ3v) is 7.65. The number of carbonyl (C=O) groups is 2. The van der Waals surface area contributed by atoms with Crippen LogP contribution < -0.4 is 10.1 Å². The molecule has 0 fully saturated rings. The molecule has 8 nitrogen and oxygen atoms in total. The summed E-state index contributed by atoms with van der Waals surface area (Å²) in [6, 6.07) is 9.81. The zero-order valence-electron chi connectivity index (χ0n) is 21.9. The highest BCUT2D eigenvalue weighted by molar-refractivity contribution is 7.99. The van der Waals surface area contributed by atoms with E-state index in [4.69, 9.17) is 9.47 Å². The molecule has 0 spiro atoms. The number of benzene rings is 1. The van der Waals surface area contributed by atoms with Gasteiger partial charge in [-0.25, -0.2) is 4.79 Å². The van der Waals surface area contributed by atoms with Crippen LogP contribution in [-0.4, -0.2) is 39.0 Å². The molecule has 0 saturated heterocycles. The lowest BCUT2D eigenvalue weighted by Gasteiger charge is -2.16. The summed E-state index contributed by atoms with van der Waals surface area (Å²) in [7, 11) is 0. The molecule has 0 aliphatic rings. The Labute approximate surface area is 226 Å². The second-order valence-corrected chi connectivity index (χ2v) is 10.7. The van der Waals surface area contributed by atoms with Crippen LogP contribution in [0.5, 0.6) is 5.75 Å². The van der Waals surface area contributed by atoms with Crippen LogP contribution in [0, 0.1) is 0 Å². The van der Waals surface area contributed by atoms with Crippen LogP contribution >= 0.6 is 23.1 Å². The fraction of sp³-hybridized carbons (Fsp3) is 0.407. The maximum absolute atomic E-state index is 12.8. The summed E-state index contributed by atoms with van der Waals surface area (Å²) in [6.45, 7) is 14.6. The lowest BCUT2D eigenvalue weighted by Crippen LogP contribution is -2.17. The smallest absolute Gasteiger partial charge is 0.341 e. The van der Waals surface area contributed by atoms with Crippen LogP contribution in [0.1, 0.15) is 73.3 Å². The molecule has 10 heteroatoms. The largest absolute Gasteiger partial charge is 0.483 e. The molecule has 2 aromatic heterocycles. The number of hydrogen-bond acceptors (Lipinski definition) is 8. The number of aromatic nitrogens is 3. The standard InChI is InChI=1S/C27H34N4O4S2/c1-7-14-31-24(18(6)35-20-12-10-19(11-13-20)17(4)5)29-30-27(31)36-16-23(32)28-25-22(26(33)34-9-3)15-21(8-2)37-25/h7,10-13,15,17-18H,1,8-9,14,16H2,2-6H3,(H,28,32). The van der Waals surface area contributed by atoms with Crippen molar-refractivity contribution in [2.45, 2.75) is 64.8 Å². The second-order valence-electron chi connectivity index (χ2n) is 8.59. The third-order valence-electron chi connectivity index (χ3n) is 5.49. The first-order valence-electron chi connectivity index (χ1n) is 12.3. The van der Waals surface area contributed by atoms with Gasteiger partial charge in [-0.05, 0) is 49.9 Å². The Kier molecular flexibility index (Phi) is 10.3. The van der Waals surface area contributed by atoms with Gasteiger partial charge in [0, 0.05) is 11.4 Å². The minimum absolute atomic E-state index is 0.100. The van der Waals surface area contributed by atoms with Gasteiger partial charge < -0.3 is 14.8 Å². The molecule has 3 aromatic rings. The Hall–Kier alpha value is -3.11. The van der Waals surface area contributed by atoms with Crippen molar-refractivity contribution in [1.82, 2.24) is 14.8 Å². The number of thiophene rings is 1. The SMILES string of the molecule is C=CCn1c(SCC(=O)Nc2sc(CC)cc2C(=O)OCC)nnc1C(C)Oc1ccc(C(C)C)cc1. The van der Waals surface area contributed by atoms with Gasteiger partial charge in [-0.3, -0.25) is 9.36 Å². The van der Waals surface area contributed by atoms with Gasteiger partial charge in [-0.15, -0.1) is 28.1 Å². The molecule has 0 aliphatic carbocycles. The Balaban J connectivity index is 1.68. The molecular formula is C27H34N4O4S2. The summed E-state index contributed by atoms with van der Waals surface area (Å²) in [6.07, 6.45) is 2.16. The number of amides is 1. The first kappa shape index (κ1) is 28.5. The van der Waals surface area contributed by atoms with Gasteiger partial charge in [-0.2, -0.15) is 0 Å². The molecule has 0 saturated carbocycles. The number of anilines is 1. The quantitative estimate of drug-likeness (QED) is 0.155. The highest BCUT2D eigenvalue weighted by Gasteiger charge is 2.22. The van der Waals surface area contributed by atoms with Gasteiger partial charge in [0.05, 0.1) is 17.9 Å². The van der Waals surface area contributed by atoms with Gasteiger partial charge in [0.15, 0.2) is 17.1 Å². The van der Waals surface area contributed by atoms with Gasteiger partial charge in [0.2, 0.25) is 5.91 Å². The second kappa shape index (κ2) is 13.4. The molecule has 0 aliphatic heterocycles. The van der Waals surface area contributed by atoms with Crippen LogP contribution in [0.3, 0.4) is 0 Å². The van der Waals surface area contributed by atoms with E-state index in [1.54, 1.807) is 19.1 Å². The van der Waals surface area contributed by atoms with Crippen LogP contribution in [0.2, 0.25) is 0 Å². The number of rotatable bonds is 13. The first-order valence-corrected chi connectivity index (χ1v) is 14.1. The van der Waals surface area contributed by atoms with Crippen molar-refractivity contribution in [1.29, 1.82) is 0 Å². The third kappa shape index (κ3) is 7.45. The monoisotopic (exact) mass is 542 g/mol. The normalized spacial score (nSPS) is 11.8. The summed E-state index contributed by atoms with van der Waals surface area (Å²) in [4.78, 5) is 26.1. The number of allylic oxidation sites excluding steroid dienone is 1. The van der Waals surface area contributed by atoms with E-state index in [9.17, 15) is 9.59 Å². The first-order chi connectivity index (χ1) is 17.8. The van der Waals surface area contributed by atoms with Crippen LogP contribution in [-0.2, 0) is 22.5 Å². The minimum Gasteiger partial charge on any atom is -0.483 e. The topological polar surface area (TPSA) is 95.3 Å². The number of hydrogen-bond donors (Lipinski definition) is 1. The van der Waals surface area contributed by atoms with E-state index in [1.165, 1.54) is 28.7 Å². The van der Waals surface area contributed by atoms with Crippen molar-refractivity contribution in [3.8, 4) is 5.75 Å². The van der Waals surface area contributed by atoms with Crippen LogP contribution in [0.4, 0.5) is 5.00 Å².